The van der Waals surface area contributed by atoms with Crippen LogP contribution in [-0.4, -0.2) is 55.0 Å². The third-order valence-electron chi connectivity index (χ3n) is 5.39. The Hall–Kier alpha value is -1.39. The number of rotatable bonds is 4. The highest BCUT2D eigenvalue weighted by Gasteiger charge is 2.30. The minimum atomic E-state index is 0.239. The smallest absolute Gasteiger partial charge is 0.225 e. The molecule has 3 rings (SSSR count). The van der Waals surface area contributed by atoms with Crippen molar-refractivity contribution in [3.05, 3.63) is 35.9 Å². The number of likely N-dealkylation sites (tertiary alicyclic amines) is 1. The van der Waals surface area contributed by atoms with Crippen molar-refractivity contribution in [1.29, 1.82) is 0 Å². The van der Waals surface area contributed by atoms with Crippen LogP contribution < -0.4 is 5.32 Å². The molecule has 2 fully saturated rings. The quantitative estimate of drug-likeness (QED) is 0.924. The van der Waals surface area contributed by atoms with Gasteiger partial charge < -0.3 is 10.2 Å². The summed E-state index contributed by atoms with van der Waals surface area (Å²) in [4.78, 5) is 17.2. The molecule has 0 unspecified atom stereocenters. The van der Waals surface area contributed by atoms with Crippen LogP contribution in [0.5, 0.6) is 0 Å². The SMILES string of the molecule is CN(C(=O)C1CCNCC1)C1CCN(Cc2ccccc2)CC1. The van der Waals surface area contributed by atoms with Crippen LogP contribution in [0.3, 0.4) is 0 Å². The van der Waals surface area contributed by atoms with E-state index in [1.807, 2.05) is 7.05 Å². The number of amides is 1. The topological polar surface area (TPSA) is 35.6 Å². The van der Waals surface area contributed by atoms with Crippen molar-refractivity contribution in [3.63, 3.8) is 0 Å². The van der Waals surface area contributed by atoms with Gasteiger partial charge in [0.2, 0.25) is 5.91 Å². The molecule has 0 aliphatic carbocycles. The van der Waals surface area contributed by atoms with Crippen LogP contribution in [0.1, 0.15) is 31.2 Å². The Labute approximate surface area is 139 Å². The zero-order chi connectivity index (χ0) is 16.1. The highest BCUT2D eigenvalue weighted by molar-refractivity contribution is 5.79. The number of carbonyl (C=O) groups is 1. The first-order valence-electron chi connectivity index (χ1n) is 8.97. The van der Waals surface area contributed by atoms with Crippen molar-refractivity contribution >= 4 is 5.91 Å². The summed E-state index contributed by atoms with van der Waals surface area (Å²) in [6.07, 6.45) is 4.19. The molecule has 4 heteroatoms. The van der Waals surface area contributed by atoms with Crippen molar-refractivity contribution in [2.75, 3.05) is 33.2 Å². The zero-order valence-corrected chi connectivity index (χ0v) is 14.2. The van der Waals surface area contributed by atoms with Crippen LogP contribution >= 0.6 is 0 Å². The average Bonchev–Trinajstić information content (AvgIpc) is 2.63. The molecule has 0 atom stereocenters. The number of piperidine rings is 2. The Kier molecular flexibility index (Phi) is 5.68. The highest BCUT2D eigenvalue weighted by atomic mass is 16.2. The molecule has 2 aliphatic heterocycles. The molecule has 23 heavy (non-hydrogen) atoms. The number of hydrogen-bond donors (Lipinski definition) is 1. The standard InChI is InChI=1S/C19H29N3O/c1-21(19(23)17-7-11-20-12-8-17)18-9-13-22(14-10-18)15-16-5-3-2-4-6-16/h2-6,17-18,20H,7-15H2,1H3. The number of nitrogens with zero attached hydrogens (tertiary/aromatic N) is 2. The molecular formula is C19H29N3O. The molecule has 0 radical (unpaired) electrons. The van der Waals surface area contributed by atoms with E-state index in [0.717, 1.165) is 58.4 Å². The van der Waals surface area contributed by atoms with Crippen molar-refractivity contribution in [2.45, 2.75) is 38.3 Å². The fourth-order valence-corrected chi connectivity index (χ4v) is 3.84. The van der Waals surface area contributed by atoms with Gasteiger partial charge in [-0.15, -0.1) is 0 Å². The minimum absolute atomic E-state index is 0.239. The van der Waals surface area contributed by atoms with Gasteiger partial charge in [0.05, 0.1) is 0 Å². The van der Waals surface area contributed by atoms with Gasteiger partial charge in [0, 0.05) is 38.6 Å². The molecule has 1 aromatic rings. The van der Waals surface area contributed by atoms with Gasteiger partial charge in [-0.25, -0.2) is 0 Å². The second kappa shape index (κ2) is 7.93. The lowest BCUT2D eigenvalue weighted by molar-refractivity contribution is -0.138. The summed E-state index contributed by atoms with van der Waals surface area (Å²) in [6, 6.07) is 11.1. The van der Waals surface area contributed by atoms with Gasteiger partial charge in [0.15, 0.2) is 0 Å². The summed E-state index contributed by atoms with van der Waals surface area (Å²) >= 11 is 0. The third kappa shape index (κ3) is 4.33. The maximum Gasteiger partial charge on any atom is 0.225 e. The second-order valence-corrected chi connectivity index (χ2v) is 6.97. The van der Waals surface area contributed by atoms with E-state index in [9.17, 15) is 4.79 Å². The maximum absolute atomic E-state index is 12.7. The Morgan fingerprint density at radius 1 is 1.13 bits per heavy atom. The highest BCUT2D eigenvalue weighted by Crippen LogP contribution is 2.21. The molecule has 1 amide bonds. The first kappa shape index (κ1) is 16.5. The molecule has 1 N–H and O–H groups in total. The predicted molar refractivity (Wildman–Crippen MR) is 93.1 cm³/mol. The van der Waals surface area contributed by atoms with E-state index in [2.05, 4.69) is 45.4 Å². The lowest BCUT2D eigenvalue weighted by Gasteiger charge is -2.38. The fourth-order valence-electron chi connectivity index (χ4n) is 3.84. The number of nitrogens with one attached hydrogen (secondary N) is 1. The van der Waals surface area contributed by atoms with Gasteiger partial charge in [-0.3, -0.25) is 9.69 Å². The number of benzene rings is 1. The maximum atomic E-state index is 12.7. The van der Waals surface area contributed by atoms with Crippen LogP contribution in [-0.2, 0) is 11.3 Å². The molecule has 2 saturated heterocycles. The van der Waals surface area contributed by atoms with Crippen LogP contribution in [0.25, 0.3) is 0 Å². The fraction of sp³-hybridized carbons (Fsp3) is 0.632. The number of carbonyl (C=O) groups excluding carboxylic acids is 1. The third-order valence-corrected chi connectivity index (χ3v) is 5.39. The second-order valence-electron chi connectivity index (χ2n) is 6.97. The van der Waals surface area contributed by atoms with E-state index in [0.29, 0.717) is 11.9 Å². The zero-order valence-electron chi connectivity index (χ0n) is 14.2. The Morgan fingerprint density at radius 3 is 2.43 bits per heavy atom. The van der Waals surface area contributed by atoms with E-state index in [1.54, 1.807) is 0 Å². The Balaban J connectivity index is 1.47. The van der Waals surface area contributed by atoms with Crippen molar-refractivity contribution in [1.82, 2.24) is 15.1 Å². The van der Waals surface area contributed by atoms with Gasteiger partial charge in [-0.1, -0.05) is 30.3 Å². The van der Waals surface area contributed by atoms with Gasteiger partial charge in [-0.05, 0) is 44.3 Å². The van der Waals surface area contributed by atoms with E-state index < -0.39 is 0 Å². The summed E-state index contributed by atoms with van der Waals surface area (Å²) in [5.74, 6) is 0.608. The van der Waals surface area contributed by atoms with Crippen molar-refractivity contribution < 1.29 is 4.79 Å². The molecule has 126 valence electrons. The average molecular weight is 315 g/mol. The Morgan fingerprint density at radius 2 is 1.78 bits per heavy atom. The van der Waals surface area contributed by atoms with Gasteiger partial charge in [0.25, 0.3) is 0 Å². The molecule has 2 heterocycles. The van der Waals surface area contributed by atoms with Crippen LogP contribution in [0.4, 0.5) is 0 Å². The molecule has 2 aliphatic rings. The molecular weight excluding hydrogens is 286 g/mol. The van der Waals surface area contributed by atoms with Gasteiger partial charge in [-0.2, -0.15) is 0 Å². The van der Waals surface area contributed by atoms with E-state index in [4.69, 9.17) is 0 Å². The van der Waals surface area contributed by atoms with Gasteiger partial charge >= 0.3 is 0 Å². The van der Waals surface area contributed by atoms with Crippen LogP contribution in [0.2, 0.25) is 0 Å². The van der Waals surface area contributed by atoms with E-state index >= 15 is 0 Å². The number of hydrogen-bond acceptors (Lipinski definition) is 3. The lowest BCUT2D eigenvalue weighted by Crippen LogP contribution is -2.48. The molecule has 0 bridgehead atoms. The van der Waals surface area contributed by atoms with Crippen molar-refractivity contribution in [2.24, 2.45) is 5.92 Å². The van der Waals surface area contributed by atoms with E-state index in [1.165, 1.54) is 5.56 Å². The molecule has 1 aromatic carbocycles. The van der Waals surface area contributed by atoms with Gasteiger partial charge in [0.1, 0.15) is 0 Å². The summed E-state index contributed by atoms with van der Waals surface area (Å²) in [6.45, 7) is 5.17. The van der Waals surface area contributed by atoms with Crippen LogP contribution in [0.15, 0.2) is 30.3 Å². The first-order valence-corrected chi connectivity index (χ1v) is 8.97. The first-order chi connectivity index (χ1) is 11.2. The summed E-state index contributed by atoms with van der Waals surface area (Å²) in [7, 11) is 2.02. The lowest BCUT2D eigenvalue weighted by atomic mass is 9.94. The minimum Gasteiger partial charge on any atom is -0.342 e. The summed E-state index contributed by atoms with van der Waals surface area (Å²) in [5.41, 5.74) is 1.38. The predicted octanol–water partition coefficient (Wildman–Crippen LogP) is 2.11. The van der Waals surface area contributed by atoms with Crippen molar-refractivity contribution in [3.8, 4) is 0 Å². The Bertz CT molecular complexity index is 491. The molecule has 4 nitrogen and oxygen atoms in total. The van der Waals surface area contributed by atoms with E-state index in [-0.39, 0.29) is 5.92 Å². The largest absolute Gasteiger partial charge is 0.342 e. The summed E-state index contributed by atoms with van der Waals surface area (Å²) < 4.78 is 0. The monoisotopic (exact) mass is 315 g/mol. The normalized spacial score (nSPS) is 21.3. The van der Waals surface area contributed by atoms with Crippen LogP contribution in [0, 0.1) is 5.92 Å². The molecule has 0 spiro atoms. The molecule has 0 saturated carbocycles. The summed E-state index contributed by atoms with van der Waals surface area (Å²) in [5, 5.41) is 3.34. The molecule has 0 aromatic heterocycles.